The van der Waals surface area contributed by atoms with E-state index < -0.39 is 0 Å². The topological polar surface area (TPSA) is 22.0 Å². The number of carbonyl (C=O) groups is 1. The number of hydrogen-bond acceptors (Lipinski definition) is 1. The van der Waals surface area contributed by atoms with Crippen LogP contribution in [0.5, 0.6) is 0 Å². The molecule has 0 aliphatic rings. The summed E-state index contributed by atoms with van der Waals surface area (Å²) < 4.78 is 1.89. The fourth-order valence-electron chi connectivity index (χ4n) is 1.33. The van der Waals surface area contributed by atoms with E-state index in [9.17, 15) is 4.79 Å². The number of fused-ring (bicyclic) bond motifs is 1. The van der Waals surface area contributed by atoms with Gasteiger partial charge in [-0.1, -0.05) is 24.3 Å². The van der Waals surface area contributed by atoms with Crippen molar-refractivity contribution in [2.24, 2.45) is 0 Å². The number of rotatable bonds is 2. The zero-order valence-corrected chi connectivity index (χ0v) is 6.60. The number of benzene rings is 1. The minimum absolute atomic E-state index is 0.439. The van der Waals surface area contributed by atoms with Crippen molar-refractivity contribution in [2.45, 2.75) is 6.54 Å². The van der Waals surface area contributed by atoms with Crippen LogP contribution in [-0.4, -0.2) is 10.9 Å². The van der Waals surface area contributed by atoms with Gasteiger partial charge in [-0.3, -0.25) is 0 Å². The monoisotopic (exact) mass is 159 g/mol. The summed E-state index contributed by atoms with van der Waals surface area (Å²) in [7, 11) is 0. The van der Waals surface area contributed by atoms with E-state index in [0.29, 0.717) is 6.54 Å². The summed E-state index contributed by atoms with van der Waals surface area (Å²) in [6.45, 7) is 0.439. The van der Waals surface area contributed by atoms with Gasteiger partial charge in [0.05, 0.1) is 6.54 Å². The normalized spacial score (nSPS) is 10.3. The Hall–Kier alpha value is -1.57. The van der Waals surface area contributed by atoms with Gasteiger partial charge >= 0.3 is 0 Å². The lowest BCUT2D eigenvalue weighted by Crippen LogP contribution is -1.93. The number of aromatic nitrogens is 1. The molecular weight excluding hydrogens is 150 g/mol. The molecule has 0 atom stereocenters. The lowest BCUT2D eigenvalue weighted by molar-refractivity contribution is -0.108. The van der Waals surface area contributed by atoms with E-state index in [1.807, 2.05) is 41.2 Å². The van der Waals surface area contributed by atoms with E-state index in [2.05, 4.69) is 0 Å². The molecule has 0 aliphatic carbocycles. The lowest BCUT2D eigenvalue weighted by atomic mass is 10.2. The molecule has 0 N–H and O–H groups in total. The Morgan fingerprint density at radius 1 is 1.17 bits per heavy atom. The maximum absolute atomic E-state index is 10.2. The minimum Gasteiger partial charge on any atom is -0.346 e. The molecule has 0 amide bonds. The van der Waals surface area contributed by atoms with Crippen LogP contribution in [0.1, 0.15) is 0 Å². The first-order chi connectivity index (χ1) is 5.90. The zero-order chi connectivity index (χ0) is 8.39. The first kappa shape index (κ1) is 7.10. The van der Waals surface area contributed by atoms with E-state index in [4.69, 9.17) is 0 Å². The van der Waals surface area contributed by atoms with Crippen molar-refractivity contribution in [1.82, 2.24) is 4.57 Å². The van der Waals surface area contributed by atoms with Crippen molar-refractivity contribution in [3.63, 3.8) is 0 Å². The van der Waals surface area contributed by atoms with Crippen LogP contribution in [0.2, 0.25) is 0 Å². The molecule has 2 aromatic rings. The van der Waals surface area contributed by atoms with Crippen molar-refractivity contribution in [3.05, 3.63) is 36.7 Å². The highest BCUT2D eigenvalue weighted by atomic mass is 16.1. The Morgan fingerprint density at radius 2 is 1.75 bits per heavy atom. The van der Waals surface area contributed by atoms with Crippen molar-refractivity contribution in [3.8, 4) is 0 Å². The van der Waals surface area contributed by atoms with Gasteiger partial charge in [0.15, 0.2) is 0 Å². The third kappa shape index (κ3) is 1.11. The van der Waals surface area contributed by atoms with Crippen molar-refractivity contribution >= 4 is 17.1 Å². The van der Waals surface area contributed by atoms with Gasteiger partial charge in [-0.15, -0.1) is 0 Å². The van der Waals surface area contributed by atoms with Crippen LogP contribution in [0.15, 0.2) is 36.7 Å². The van der Waals surface area contributed by atoms with E-state index in [-0.39, 0.29) is 0 Å². The standard InChI is InChI=1S/C10H9NO/c12-6-5-11-7-9-3-1-2-4-10(9)8-11/h1-4,6-8H,5H2. The summed E-state index contributed by atoms with van der Waals surface area (Å²) in [6, 6.07) is 8.06. The van der Waals surface area contributed by atoms with Crippen molar-refractivity contribution in [1.29, 1.82) is 0 Å². The smallest absolute Gasteiger partial charge is 0.139 e. The first-order valence-corrected chi connectivity index (χ1v) is 3.88. The Balaban J connectivity index is 2.54. The van der Waals surface area contributed by atoms with Crippen LogP contribution in [0.4, 0.5) is 0 Å². The molecule has 0 saturated heterocycles. The second kappa shape index (κ2) is 2.81. The molecule has 0 saturated carbocycles. The third-order valence-corrected chi connectivity index (χ3v) is 1.89. The molecule has 0 radical (unpaired) electrons. The van der Waals surface area contributed by atoms with Crippen LogP contribution in [0, 0.1) is 0 Å². The largest absolute Gasteiger partial charge is 0.346 e. The highest BCUT2D eigenvalue weighted by Gasteiger charge is 1.94. The molecule has 60 valence electrons. The number of hydrogen-bond donors (Lipinski definition) is 0. The molecule has 2 heteroatoms. The van der Waals surface area contributed by atoms with Gasteiger partial charge in [-0.25, -0.2) is 0 Å². The van der Waals surface area contributed by atoms with Gasteiger partial charge in [0.1, 0.15) is 6.29 Å². The summed E-state index contributed by atoms with van der Waals surface area (Å²) in [5.74, 6) is 0. The predicted molar refractivity (Wildman–Crippen MR) is 48.0 cm³/mol. The Labute approximate surface area is 70.4 Å². The predicted octanol–water partition coefficient (Wildman–Crippen LogP) is 1.84. The number of carbonyl (C=O) groups excluding carboxylic acids is 1. The molecule has 0 fully saturated rings. The van der Waals surface area contributed by atoms with Crippen LogP contribution in [0.3, 0.4) is 0 Å². The van der Waals surface area contributed by atoms with E-state index in [1.54, 1.807) is 0 Å². The summed E-state index contributed by atoms with van der Waals surface area (Å²) in [4.78, 5) is 10.2. The summed E-state index contributed by atoms with van der Waals surface area (Å²) in [6.07, 6.45) is 4.85. The van der Waals surface area contributed by atoms with Crippen LogP contribution in [-0.2, 0) is 11.3 Å². The average Bonchev–Trinajstić information content (AvgIpc) is 2.47. The molecule has 1 aromatic heterocycles. The quantitative estimate of drug-likeness (QED) is 0.613. The Bertz CT molecular complexity index is 370. The molecule has 2 nitrogen and oxygen atoms in total. The fourth-order valence-corrected chi connectivity index (χ4v) is 1.33. The molecular formula is C10H9NO. The number of aldehydes is 1. The SMILES string of the molecule is O=CCn1cc2ccccc2c1. The van der Waals surface area contributed by atoms with E-state index in [1.165, 1.54) is 10.8 Å². The van der Waals surface area contributed by atoms with E-state index >= 15 is 0 Å². The molecule has 0 spiro atoms. The number of nitrogens with zero attached hydrogens (tertiary/aromatic N) is 1. The van der Waals surface area contributed by atoms with Crippen LogP contribution in [0.25, 0.3) is 10.8 Å². The summed E-state index contributed by atoms with van der Waals surface area (Å²) >= 11 is 0. The molecule has 0 aliphatic heterocycles. The molecule has 2 rings (SSSR count). The minimum atomic E-state index is 0.439. The van der Waals surface area contributed by atoms with Gasteiger partial charge in [-0.2, -0.15) is 0 Å². The fraction of sp³-hybridized carbons (Fsp3) is 0.100. The highest BCUT2D eigenvalue weighted by molar-refractivity contribution is 5.82. The van der Waals surface area contributed by atoms with Gasteiger partial charge < -0.3 is 9.36 Å². The highest BCUT2D eigenvalue weighted by Crippen LogP contribution is 2.13. The molecule has 1 heterocycles. The lowest BCUT2D eigenvalue weighted by Gasteiger charge is -1.89. The second-order valence-corrected chi connectivity index (χ2v) is 2.75. The third-order valence-electron chi connectivity index (χ3n) is 1.89. The zero-order valence-electron chi connectivity index (χ0n) is 6.60. The van der Waals surface area contributed by atoms with Gasteiger partial charge in [0, 0.05) is 12.4 Å². The first-order valence-electron chi connectivity index (χ1n) is 3.88. The second-order valence-electron chi connectivity index (χ2n) is 2.75. The molecule has 0 bridgehead atoms. The summed E-state index contributed by atoms with van der Waals surface area (Å²) in [5, 5.41) is 2.36. The molecule has 12 heavy (non-hydrogen) atoms. The Kier molecular flexibility index (Phi) is 1.67. The van der Waals surface area contributed by atoms with Crippen LogP contribution >= 0.6 is 0 Å². The van der Waals surface area contributed by atoms with E-state index in [0.717, 1.165) is 6.29 Å². The molecule has 0 unspecified atom stereocenters. The van der Waals surface area contributed by atoms with Gasteiger partial charge in [-0.05, 0) is 10.8 Å². The Morgan fingerprint density at radius 3 is 2.25 bits per heavy atom. The van der Waals surface area contributed by atoms with Crippen molar-refractivity contribution in [2.75, 3.05) is 0 Å². The van der Waals surface area contributed by atoms with Crippen LogP contribution < -0.4 is 0 Å². The summed E-state index contributed by atoms with van der Waals surface area (Å²) in [5.41, 5.74) is 0. The molecule has 1 aromatic carbocycles. The maximum atomic E-state index is 10.2. The van der Waals surface area contributed by atoms with Gasteiger partial charge in [0.25, 0.3) is 0 Å². The maximum Gasteiger partial charge on any atom is 0.139 e. The van der Waals surface area contributed by atoms with Crippen molar-refractivity contribution < 1.29 is 4.79 Å². The average molecular weight is 159 g/mol. The van der Waals surface area contributed by atoms with Gasteiger partial charge in [0.2, 0.25) is 0 Å².